The van der Waals surface area contributed by atoms with Gasteiger partial charge in [-0.05, 0) is 44.0 Å². The minimum absolute atomic E-state index is 0.0981. The van der Waals surface area contributed by atoms with E-state index in [1.807, 2.05) is 0 Å². The van der Waals surface area contributed by atoms with Crippen LogP contribution in [0.4, 0.5) is 24.5 Å². The second-order valence-corrected chi connectivity index (χ2v) is 8.97. The molecule has 0 saturated heterocycles. The van der Waals surface area contributed by atoms with E-state index in [9.17, 15) is 36.5 Å². The molecule has 3 rings (SSSR count). The van der Waals surface area contributed by atoms with Gasteiger partial charge in [-0.15, -0.1) is 0 Å². The van der Waals surface area contributed by atoms with Gasteiger partial charge in [-0.3, -0.25) is 19.2 Å². The predicted octanol–water partition coefficient (Wildman–Crippen LogP) is 3.40. The van der Waals surface area contributed by atoms with Crippen LogP contribution in [0.5, 0.6) is 0 Å². The molecule has 1 aliphatic rings. The highest BCUT2D eigenvalue weighted by Gasteiger charge is 2.34. The minimum Gasteiger partial charge on any atom is -0.352 e. The maximum atomic E-state index is 13.3. The molecule has 0 bridgehead atoms. The Morgan fingerprint density at radius 2 is 1.90 bits per heavy atom. The van der Waals surface area contributed by atoms with Crippen molar-refractivity contribution in [3.63, 3.8) is 0 Å². The number of carbonyl (C=O) groups is 1. The number of hydrogen-bond donors (Lipinski definition) is 1. The smallest absolute Gasteiger partial charge is 0.352 e. The van der Waals surface area contributed by atoms with Crippen LogP contribution in [0, 0.1) is 17.0 Å². The quantitative estimate of drug-likeness (QED) is 0.506. The molecule has 8 nitrogen and oxygen atoms in total. The van der Waals surface area contributed by atoms with Crippen molar-refractivity contribution < 1.29 is 31.3 Å². The van der Waals surface area contributed by atoms with E-state index in [1.54, 1.807) is 0 Å². The molecule has 1 amide bonds. The number of nitrogens with one attached hydrogen (secondary N) is 1. The van der Waals surface area contributed by atoms with E-state index in [-0.39, 0.29) is 17.3 Å². The number of aryl methyl sites for hydroxylation is 1. The number of sulfonamides is 1. The number of nitro groups is 1. The van der Waals surface area contributed by atoms with Gasteiger partial charge in [-0.25, -0.2) is 8.42 Å². The van der Waals surface area contributed by atoms with Gasteiger partial charge in [0.15, 0.2) is 0 Å². The number of halogens is 3. The highest BCUT2D eigenvalue weighted by Crippen LogP contribution is 2.34. The van der Waals surface area contributed by atoms with Crippen molar-refractivity contribution in [1.82, 2.24) is 5.32 Å². The highest BCUT2D eigenvalue weighted by molar-refractivity contribution is 7.92. The van der Waals surface area contributed by atoms with Crippen molar-refractivity contribution in [3.8, 4) is 0 Å². The van der Waals surface area contributed by atoms with Crippen molar-refractivity contribution >= 4 is 27.3 Å². The number of carbonyl (C=O) groups excluding carboxylic acids is 1. The Hall–Kier alpha value is -3.15. The van der Waals surface area contributed by atoms with Crippen molar-refractivity contribution in [3.05, 3.63) is 63.7 Å². The molecule has 1 N–H and O–H groups in total. The first kappa shape index (κ1) is 22.5. The Morgan fingerprint density at radius 1 is 1.23 bits per heavy atom. The number of rotatable bonds is 7. The van der Waals surface area contributed by atoms with Gasteiger partial charge in [0.2, 0.25) is 5.91 Å². The Morgan fingerprint density at radius 3 is 2.48 bits per heavy atom. The summed E-state index contributed by atoms with van der Waals surface area (Å²) in [6.07, 6.45) is -3.28. The maximum absolute atomic E-state index is 13.3. The average Bonchev–Trinajstić information content (AvgIpc) is 3.49. The summed E-state index contributed by atoms with van der Waals surface area (Å²) in [5, 5.41) is 13.8. The number of nitrogens with zero attached hydrogens (tertiary/aromatic N) is 2. The Labute approximate surface area is 175 Å². The van der Waals surface area contributed by atoms with Crippen LogP contribution in [0.2, 0.25) is 0 Å². The zero-order chi connectivity index (χ0) is 23.0. The van der Waals surface area contributed by atoms with E-state index in [0.717, 1.165) is 43.2 Å². The van der Waals surface area contributed by atoms with E-state index in [2.05, 4.69) is 5.32 Å². The lowest BCUT2D eigenvalue weighted by Crippen LogP contribution is -2.41. The number of alkyl halides is 3. The van der Waals surface area contributed by atoms with Crippen LogP contribution in [-0.2, 0) is 21.0 Å². The molecular weight excluding hydrogens is 439 g/mol. The third-order valence-electron chi connectivity index (χ3n) is 4.66. The van der Waals surface area contributed by atoms with Gasteiger partial charge in [0.05, 0.1) is 21.1 Å². The Bertz CT molecular complexity index is 1130. The summed E-state index contributed by atoms with van der Waals surface area (Å²) in [4.78, 5) is 22.3. The number of anilines is 1. The standard InChI is InChI=1S/C19H18F3N3O5S/c1-12-5-8-16(10-17(12)25(27)28)31(29,30)24(11-18(26)23-14-6-7-14)15-4-2-3-13(9-15)19(20,21)22/h2-5,8-10,14H,6-7,11H2,1H3,(H,23,26). The molecule has 12 heteroatoms. The van der Waals surface area contributed by atoms with E-state index in [0.29, 0.717) is 10.4 Å². The maximum Gasteiger partial charge on any atom is 0.416 e. The third-order valence-corrected chi connectivity index (χ3v) is 6.43. The topological polar surface area (TPSA) is 110 Å². The van der Waals surface area contributed by atoms with Gasteiger partial charge in [0.25, 0.3) is 15.7 Å². The van der Waals surface area contributed by atoms with Crippen LogP contribution in [-0.4, -0.2) is 31.8 Å². The van der Waals surface area contributed by atoms with E-state index in [4.69, 9.17) is 0 Å². The summed E-state index contributed by atoms with van der Waals surface area (Å²) < 4.78 is 66.5. The van der Waals surface area contributed by atoms with Crippen LogP contribution < -0.4 is 9.62 Å². The first-order valence-electron chi connectivity index (χ1n) is 9.14. The van der Waals surface area contributed by atoms with E-state index >= 15 is 0 Å². The number of benzene rings is 2. The molecule has 1 saturated carbocycles. The van der Waals surface area contributed by atoms with Crippen molar-refractivity contribution in [2.75, 3.05) is 10.8 Å². The second kappa shape index (κ2) is 8.17. The highest BCUT2D eigenvalue weighted by atomic mass is 32.2. The summed E-state index contributed by atoms with van der Waals surface area (Å²) >= 11 is 0. The fraction of sp³-hybridized carbons (Fsp3) is 0.316. The summed E-state index contributed by atoms with van der Waals surface area (Å²) in [6, 6.07) is 6.59. The van der Waals surface area contributed by atoms with E-state index in [1.165, 1.54) is 13.0 Å². The van der Waals surface area contributed by atoms with E-state index < -0.39 is 49.7 Å². The van der Waals surface area contributed by atoms with Gasteiger partial charge in [-0.2, -0.15) is 13.2 Å². The van der Waals surface area contributed by atoms with Crippen LogP contribution >= 0.6 is 0 Å². The lowest BCUT2D eigenvalue weighted by molar-refractivity contribution is -0.385. The Kier molecular flexibility index (Phi) is 5.94. The van der Waals surface area contributed by atoms with Crippen LogP contribution in [0.3, 0.4) is 0 Å². The van der Waals surface area contributed by atoms with Gasteiger partial charge < -0.3 is 5.32 Å². The summed E-state index contributed by atoms with van der Waals surface area (Å²) in [5.74, 6) is -0.690. The molecule has 0 aromatic heterocycles. The molecule has 1 fully saturated rings. The lowest BCUT2D eigenvalue weighted by atomic mass is 10.2. The van der Waals surface area contributed by atoms with Crippen molar-refractivity contribution in [2.24, 2.45) is 0 Å². The molecule has 2 aromatic carbocycles. The monoisotopic (exact) mass is 457 g/mol. The fourth-order valence-corrected chi connectivity index (χ4v) is 4.29. The summed E-state index contributed by atoms with van der Waals surface area (Å²) in [7, 11) is -4.60. The normalized spacial score (nSPS) is 14.2. The molecule has 166 valence electrons. The number of nitro benzene ring substituents is 1. The molecule has 31 heavy (non-hydrogen) atoms. The van der Waals surface area contributed by atoms with Crippen LogP contribution in [0.25, 0.3) is 0 Å². The zero-order valence-electron chi connectivity index (χ0n) is 16.2. The third kappa shape index (κ3) is 5.13. The average molecular weight is 457 g/mol. The summed E-state index contributed by atoms with van der Waals surface area (Å²) in [5.41, 5.74) is -1.74. The molecule has 0 heterocycles. The second-order valence-electron chi connectivity index (χ2n) is 7.11. The largest absolute Gasteiger partial charge is 0.416 e. The molecule has 0 unspecified atom stereocenters. The minimum atomic E-state index is -4.73. The van der Waals surface area contributed by atoms with Crippen LogP contribution in [0.15, 0.2) is 47.4 Å². The lowest BCUT2D eigenvalue weighted by Gasteiger charge is -2.25. The van der Waals surface area contributed by atoms with Gasteiger partial charge >= 0.3 is 6.18 Å². The van der Waals surface area contributed by atoms with Gasteiger partial charge in [-0.1, -0.05) is 12.1 Å². The zero-order valence-corrected chi connectivity index (χ0v) is 17.0. The van der Waals surface area contributed by atoms with Gasteiger partial charge in [0.1, 0.15) is 6.54 Å². The molecule has 0 radical (unpaired) electrons. The number of hydrogen-bond acceptors (Lipinski definition) is 5. The SMILES string of the molecule is Cc1ccc(S(=O)(=O)N(CC(=O)NC2CC2)c2cccc(C(F)(F)F)c2)cc1[N+](=O)[O-]. The Balaban J connectivity index is 2.08. The molecule has 1 aliphatic carbocycles. The molecular formula is C19H18F3N3O5S. The molecule has 2 aromatic rings. The fourth-order valence-electron chi connectivity index (χ4n) is 2.86. The van der Waals surface area contributed by atoms with Crippen molar-refractivity contribution in [2.45, 2.75) is 36.9 Å². The van der Waals surface area contributed by atoms with Crippen molar-refractivity contribution in [1.29, 1.82) is 0 Å². The predicted molar refractivity (Wildman–Crippen MR) is 105 cm³/mol. The molecule has 0 aliphatic heterocycles. The van der Waals surface area contributed by atoms with Gasteiger partial charge in [0, 0.05) is 17.7 Å². The van der Waals surface area contributed by atoms with Crippen LogP contribution in [0.1, 0.15) is 24.0 Å². The molecule has 0 spiro atoms. The summed E-state index contributed by atoms with van der Waals surface area (Å²) in [6.45, 7) is 0.643. The first-order valence-corrected chi connectivity index (χ1v) is 10.6. The first-order chi connectivity index (χ1) is 14.4. The number of amides is 1. The molecule has 0 atom stereocenters.